The fourth-order valence-electron chi connectivity index (χ4n) is 3.77. The average Bonchev–Trinajstić information content (AvgIpc) is 3.53. The molecule has 0 bridgehead atoms. The number of rotatable bonds is 8. The molecule has 0 atom stereocenters. The second kappa shape index (κ2) is 10.7. The van der Waals surface area contributed by atoms with Crippen LogP contribution in [0.4, 0.5) is 17.3 Å². The molecule has 3 heterocycles. The van der Waals surface area contributed by atoms with Gasteiger partial charge in [-0.3, -0.25) is 5.43 Å². The van der Waals surface area contributed by atoms with Crippen molar-refractivity contribution in [2.24, 2.45) is 5.10 Å². The molecule has 0 saturated heterocycles. The standard InChI is InChI=1S/C25H17Br2N9O3/c26-15-8-14(20(17(27)9-15)38-12-13-4-2-1-3-5-13)11-28-34-22-21(32-23-24(33-22)36-39-35-23)29-16-6-7-18-19(10-16)31-25(37)30-18/h1-11H,12H2,(H,29,32,35)(H2,30,31,37)(H,33,34,36). The van der Waals surface area contributed by atoms with Crippen LogP contribution < -0.4 is 21.2 Å². The maximum Gasteiger partial charge on any atom is 0.323 e. The van der Waals surface area contributed by atoms with E-state index in [0.29, 0.717) is 40.5 Å². The van der Waals surface area contributed by atoms with E-state index in [4.69, 9.17) is 9.37 Å². The van der Waals surface area contributed by atoms with Gasteiger partial charge in [0, 0.05) is 15.7 Å². The first-order valence-electron chi connectivity index (χ1n) is 11.5. The molecule has 14 heteroatoms. The maximum absolute atomic E-state index is 11.6. The van der Waals surface area contributed by atoms with E-state index in [9.17, 15) is 4.79 Å². The number of halogens is 2. The molecular formula is C25H17Br2N9O3. The predicted molar refractivity (Wildman–Crippen MR) is 153 cm³/mol. The minimum Gasteiger partial charge on any atom is -0.487 e. The van der Waals surface area contributed by atoms with Crippen molar-refractivity contribution in [3.8, 4) is 5.75 Å². The van der Waals surface area contributed by atoms with Crippen molar-refractivity contribution in [3.05, 3.63) is 91.2 Å². The normalized spacial score (nSPS) is 11.4. The second-order valence-electron chi connectivity index (χ2n) is 8.25. The highest BCUT2D eigenvalue weighted by Crippen LogP contribution is 2.33. The monoisotopic (exact) mass is 649 g/mol. The average molecular weight is 651 g/mol. The molecule has 0 aliphatic carbocycles. The van der Waals surface area contributed by atoms with Crippen molar-refractivity contribution in [2.45, 2.75) is 6.61 Å². The highest BCUT2D eigenvalue weighted by Gasteiger charge is 2.14. The van der Waals surface area contributed by atoms with E-state index in [1.807, 2.05) is 42.5 Å². The number of hydrazone groups is 1. The van der Waals surface area contributed by atoms with Gasteiger partial charge in [0.1, 0.15) is 12.4 Å². The van der Waals surface area contributed by atoms with Crippen molar-refractivity contribution >= 4 is 77.7 Å². The Morgan fingerprint density at radius 1 is 0.949 bits per heavy atom. The van der Waals surface area contributed by atoms with Crippen LogP contribution in [-0.4, -0.2) is 36.5 Å². The zero-order valence-corrected chi connectivity index (χ0v) is 22.9. The fraction of sp³-hybridized carbons (Fsp3) is 0.0400. The van der Waals surface area contributed by atoms with Crippen LogP contribution in [0, 0.1) is 0 Å². The van der Waals surface area contributed by atoms with Gasteiger partial charge in [0.2, 0.25) is 11.3 Å². The van der Waals surface area contributed by atoms with Gasteiger partial charge in [0.15, 0.2) is 11.6 Å². The Morgan fingerprint density at radius 3 is 2.54 bits per heavy atom. The molecule has 0 fully saturated rings. The largest absolute Gasteiger partial charge is 0.487 e. The molecule has 0 amide bonds. The van der Waals surface area contributed by atoms with E-state index in [1.165, 1.54) is 0 Å². The summed E-state index contributed by atoms with van der Waals surface area (Å²) in [6.07, 6.45) is 1.61. The van der Waals surface area contributed by atoms with Gasteiger partial charge in [-0.2, -0.15) is 10.1 Å². The van der Waals surface area contributed by atoms with E-state index in [1.54, 1.807) is 24.4 Å². The van der Waals surface area contributed by atoms with Crippen LogP contribution in [0.1, 0.15) is 11.1 Å². The zero-order valence-electron chi connectivity index (χ0n) is 19.8. The number of aromatic nitrogens is 6. The van der Waals surface area contributed by atoms with Crippen molar-refractivity contribution in [1.29, 1.82) is 0 Å². The number of aromatic amines is 2. The maximum atomic E-state index is 11.6. The van der Waals surface area contributed by atoms with Gasteiger partial charge in [0.05, 0.1) is 21.7 Å². The lowest BCUT2D eigenvalue weighted by molar-refractivity contribution is 0.304. The zero-order chi connectivity index (χ0) is 26.8. The van der Waals surface area contributed by atoms with Gasteiger partial charge in [-0.25, -0.2) is 14.4 Å². The summed E-state index contributed by atoms with van der Waals surface area (Å²) in [4.78, 5) is 25.9. The van der Waals surface area contributed by atoms with Crippen molar-refractivity contribution in [2.75, 3.05) is 10.7 Å². The van der Waals surface area contributed by atoms with Gasteiger partial charge < -0.3 is 20.0 Å². The number of anilines is 3. The molecule has 0 unspecified atom stereocenters. The third-order valence-electron chi connectivity index (χ3n) is 5.53. The van der Waals surface area contributed by atoms with E-state index in [2.05, 4.69) is 78.0 Å². The topological polar surface area (TPSA) is 159 Å². The number of hydrogen-bond acceptors (Lipinski definition) is 10. The summed E-state index contributed by atoms with van der Waals surface area (Å²) < 4.78 is 12.5. The summed E-state index contributed by atoms with van der Waals surface area (Å²) >= 11 is 7.10. The summed E-state index contributed by atoms with van der Waals surface area (Å²) in [5.41, 5.74) is 6.78. The van der Waals surface area contributed by atoms with Crippen LogP contribution in [0.25, 0.3) is 22.3 Å². The van der Waals surface area contributed by atoms with Crippen LogP contribution in [0.15, 0.2) is 84.1 Å². The van der Waals surface area contributed by atoms with Crippen molar-refractivity contribution < 1.29 is 9.37 Å². The molecule has 3 aromatic heterocycles. The van der Waals surface area contributed by atoms with E-state index in [-0.39, 0.29) is 22.8 Å². The molecule has 6 rings (SSSR count). The summed E-state index contributed by atoms with van der Waals surface area (Å²) in [6.45, 7) is 0.390. The molecule has 0 aliphatic rings. The molecule has 0 radical (unpaired) electrons. The molecule has 4 N–H and O–H groups in total. The molecule has 3 aromatic carbocycles. The lowest BCUT2D eigenvalue weighted by Gasteiger charge is -2.12. The number of nitrogens with one attached hydrogen (secondary N) is 4. The first kappa shape index (κ1) is 24.8. The molecule has 12 nitrogen and oxygen atoms in total. The number of fused-ring (bicyclic) bond motifs is 2. The Kier molecular flexibility index (Phi) is 6.77. The molecule has 0 aliphatic heterocycles. The van der Waals surface area contributed by atoms with Crippen LogP contribution in [0.3, 0.4) is 0 Å². The number of imidazole rings is 1. The van der Waals surface area contributed by atoms with Crippen LogP contribution in [0.2, 0.25) is 0 Å². The molecular weight excluding hydrogens is 634 g/mol. The van der Waals surface area contributed by atoms with Crippen molar-refractivity contribution in [3.63, 3.8) is 0 Å². The highest BCUT2D eigenvalue weighted by molar-refractivity contribution is 9.11. The number of H-pyrrole nitrogens is 2. The highest BCUT2D eigenvalue weighted by atomic mass is 79.9. The smallest absolute Gasteiger partial charge is 0.323 e. The van der Waals surface area contributed by atoms with Crippen LogP contribution >= 0.6 is 31.9 Å². The Morgan fingerprint density at radius 2 is 1.72 bits per heavy atom. The number of benzene rings is 3. The second-order valence-corrected chi connectivity index (χ2v) is 10.0. The van der Waals surface area contributed by atoms with Gasteiger partial charge >= 0.3 is 5.69 Å². The molecule has 0 saturated carbocycles. The Bertz CT molecular complexity index is 1880. The molecule has 0 spiro atoms. The van der Waals surface area contributed by atoms with Gasteiger partial charge in [-0.05, 0) is 62.1 Å². The predicted octanol–water partition coefficient (Wildman–Crippen LogP) is 5.48. The summed E-state index contributed by atoms with van der Waals surface area (Å²) in [7, 11) is 0. The van der Waals surface area contributed by atoms with Crippen LogP contribution in [-0.2, 0) is 6.61 Å². The minimum atomic E-state index is -0.292. The molecule has 194 valence electrons. The number of ether oxygens (including phenoxy) is 1. The van der Waals surface area contributed by atoms with Crippen molar-refractivity contribution in [1.82, 2.24) is 30.2 Å². The third-order valence-corrected chi connectivity index (χ3v) is 6.58. The van der Waals surface area contributed by atoms with E-state index < -0.39 is 0 Å². The third kappa shape index (κ3) is 5.51. The summed E-state index contributed by atoms with van der Waals surface area (Å²) in [5, 5.41) is 15.1. The quantitative estimate of drug-likeness (QED) is 0.124. The number of nitrogens with zero attached hydrogens (tertiary/aromatic N) is 5. The molecule has 39 heavy (non-hydrogen) atoms. The van der Waals surface area contributed by atoms with Gasteiger partial charge in [0.25, 0.3) is 0 Å². The van der Waals surface area contributed by atoms with E-state index >= 15 is 0 Å². The van der Waals surface area contributed by atoms with Gasteiger partial charge in [-0.1, -0.05) is 46.3 Å². The summed E-state index contributed by atoms with van der Waals surface area (Å²) in [6, 6.07) is 19.0. The van der Waals surface area contributed by atoms with E-state index in [0.717, 1.165) is 14.5 Å². The Labute approximate surface area is 236 Å². The first-order chi connectivity index (χ1) is 19.0. The minimum absolute atomic E-state index is 0.209. The Hall–Kier alpha value is -4.56. The first-order valence-corrected chi connectivity index (χ1v) is 13.0. The lowest BCUT2D eigenvalue weighted by atomic mass is 10.2. The SMILES string of the molecule is O=c1[nH]c2ccc(Nc3nc4nonc4nc3NN=Cc3cc(Br)cc(Br)c3OCc3ccccc3)cc2[nH]1. The lowest BCUT2D eigenvalue weighted by Crippen LogP contribution is -2.04. The number of hydrogen-bond donors (Lipinski definition) is 4. The summed E-state index contributed by atoms with van der Waals surface area (Å²) in [5.74, 6) is 1.23. The Balaban J connectivity index is 1.28. The van der Waals surface area contributed by atoms with Crippen LogP contribution in [0.5, 0.6) is 5.75 Å². The van der Waals surface area contributed by atoms with Gasteiger partial charge in [-0.15, -0.1) is 0 Å². The fourth-order valence-corrected chi connectivity index (χ4v) is 5.14. The molecule has 6 aromatic rings.